The van der Waals surface area contributed by atoms with Crippen LogP contribution in [-0.2, 0) is 23.1 Å². The van der Waals surface area contributed by atoms with E-state index in [-0.39, 0.29) is 19.6 Å². The first kappa shape index (κ1) is 35.2. The van der Waals surface area contributed by atoms with Crippen LogP contribution in [0.4, 0.5) is 0 Å². The fourth-order valence-corrected chi connectivity index (χ4v) is 4.07. The minimum atomic E-state index is -4.26. The number of esters is 1. The SMILES string of the molecule is CCCCCCCC/C=C\C(O)CCCCCCC(=O)OC[C@@H](O)COP(=O)(O)OCC[N+](C)(C)C. The zero-order chi connectivity index (χ0) is 27.3. The monoisotopic (exact) mass is 538 g/mol. The van der Waals surface area contributed by atoms with E-state index in [1.54, 1.807) is 0 Å². The number of phosphoric acid groups is 1. The second-order valence-corrected chi connectivity index (χ2v) is 11.9. The molecule has 0 amide bonds. The number of aliphatic hydroxyl groups excluding tert-OH is 2. The summed E-state index contributed by atoms with van der Waals surface area (Å²) < 4.78 is 27.0. The lowest BCUT2D eigenvalue weighted by Gasteiger charge is -2.24. The zero-order valence-electron chi connectivity index (χ0n) is 23.1. The van der Waals surface area contributed by atoms with E-state index in [4.69, 9.17) is 13.8 Å². The molecule has 0 heterocycles. The highest BCUT2D eigenvalue weighted by molar-refractivity contribution is 7.47. The average Bonchev–Trinajstić information content (AvgIpc) is 2.79. The number of nitrogens with zero attached hydrogens (tertiary/aromatic N) is 1. The molecular weight excluding hydrogens is 485 g/mol. The number of unbranched alkanes of at least 4 members (excludes halogenated alkanes) is 9. The third kappa shape index (κ3) is 24.9. The van der Waals surface area contributed by atoms with Crippen molar-refractivity contribution in [1.82, 2.24) is 0 Å². The summed E-state index contributed by atoms with van der Waals surface area (Å²) in [6, 6.07) is 0. The fourth-order valence-electron chi connectivity index (χ4n) is 3.33. The molecule has 0 saturated carbocycles. The molecule has 0 bridgehead atoms. The smallest absolute Gasteiger partial charge is 0.463 e. The maximum absolute atomic E-state index is 11.8. The molecule has 0 aliphatic carbocycles. The van der Waals surface area contributed by atoms with Crippen molar-refractivity contribution in [3.63, 3.8) is 0 Å². The Hall–Kier alpha value is -0.800. The third-order valence-corrected chi connectivity index (χ3v) is 6.58. The number of ether oxygens (including phenoxy) is 1. The summed E-state index contributed by atoms with van der Waals surface area (Å²) in [5.74, 6) is -0.432. The number of likely N-dealkylation sites (N-methyl/N-ethyl adjacent to an activating group) is 1. The summed E-state index contributed by atoms with van der Waals surface area (Å²) in [6.45, 7) is 2.00. The standard InChI is InChI=1S/C26H52NO8P/c1-5-6-7-8-9-10-11-14-17-24(28)18-15-12-13-16-19-26(30)33-22-25(29)23-35-36(31,32)34-21-20-27(2,3)4/h14,17,24-25,28-29H,5-13,15-16,18-23H2,1-4H3/p+1/b17-14-/t24?,25-/m1/s1. The van der Waals surface area contributed by atoms with Crippen molar-refractivity contribution in [2.45, 2.75) is 103 Å². The van der Waals surface area contributed by atoms with Gasteiger partial charge in [0.15, 0.2) is 0 Å². The molecule has 0 aromatic carbocycles. The van der Waals surface area contributed by atoms with Crippen LogP contribution in [0.3, 0.4) is 0 Å². The molecule has 10 heteroatoms. The van der Waals surface area contributed by atoms with Crippen molar-refractivity contribution >= 4 is 13.8 Å². The van der Waals surface area contributed by atoms with E-state index < -0.39 is 32.6 Å². The highest BCUT2D eigenvalue weighted by Crippen LogP contribution is 2.43. The maximum atomic E-state index is 11.8. The summed E-state index contributed by atoms with van der Waals surface area (Å²) in [6.07, 6.45) is 15.3. The molecule has 9 nitrogen and oxygen atoms in total. The van der Waals surface area contributed by atoms with Crippen molar-refractivity contribution in [2.75, 3.05) is 47.5 Å². The van der Waals surface area contributed by atoms with E-state index in [2.05, 4.69) is 13.0 Å². The van der Waals surface area contributed by atoms with Gasteiger partial charge in [0.25, 0.3) is 0 Å². The van der Waals surface area contributed by atoms with Crippen molar-refractivity contribution in [3.8, 4) is 0 Å². The molecule has 3 atom stereocenters. The number of aliphatic hydroxyl groups is 2. The molecule has 0 fully saturated rings. The van der Waals surface area contributed by atoms with Crippen molar-refractivity contribution in [2.24, 2.45) is 0 Å². The Kier molecular flexibility index (Phi) is 20.7. The Labute approximate surface area is 219 Å². The second kappa shape index (κ2) is 21.2. The number of allylic oxidation sites excluding steroid dienone is 1. The van der Waals surface area contributed by atoms with Crippen LogP contribution < -0.4 is 0 Å². The predicted octanol–water partition coefficient (Wildman–Crippen LogP) is 4.74. The number of hydrogen-bond acceptors (Lipinski definition) is 7. The van der Waals surface area contributed by atoms with Gasteiger partial charge in [0.1, 0.15) is 25.9 Å². The summed E-state index contributed by atoms with van der Waals surface area (Å²) in [5.41, 5.74) is 0. The lowest BCUT2D eigenvalue weighted by atomic mass is 10.1. The van der Waals surface area contributed by atoms with E-state index in [0.29, 0.717) is 17.4 Å². The molecule has 0 aromatic heterocycles. The maximum Gasteiger partial charge on any atom is 0.472 e. The number of rotatable bonds is 24. The topological polar surface area (TPSA) is 123 Å². The highest BCUT2D eigenvalue weighted by atomic mass is 31.2. The van der Waals surface area contributed by atoms with Crippen LogP contribution in [0.5, 0.6) is 0 Å². The van der Waals surface area contributed by atoms with Gasteiger partial charge in [-0.15, -0.1) is 0 Å². The van der Waals surface area contributed by atoms with Gasteiger partial charge >= 0.3 is 13.8 Å². The highest BCUT2D eigenvalue weighted by Gasteiger charge is 2.24. The van der Waals surface area contributed by atoms with Crippen LogP contribution in [0.1, 0.15) is 90.4 Å². The van der Waals surface area contributed by atoms with Gasteiger partial charge < -0.3 is 24.3 Å². The van der Waals surface area contributed by atoms with E-state index in [9.17, 15) is 24.5 Å². The van der Waals surface area contributed by atoms with Crippen molar-refractivity contribution in [1.29, 1.82) is 0 Å². The number of quaternary nitrogens is 1. The predicted molar refractivity (Wildman–Crippen MR) is 142 cm³/mol. The molecule has 0 radical (unpaired) electrons. The van der Waals surface area contributed by atoms with Crippen LogP contribution >= 0.6 is 7.82 Å². The lowest BCUT2D eigenvalue weighted by molar-refractivity contribution is -0.870. The number of hydrogen-bond donors (Lipinski definition) is 3. The van der Waals surface area contributed by atoms with Gasteiger partial charge in [-0.3, -0.25) is 13.8 Å². The summed E-state index contributed by atoms with van der Waals surface area (Å²) in [7, 11) is 1.50. The Morgan fingerprint density at radius 3 is 2.25 bits per heavy atom. The van der Waals surface area contributed by atoms with Gasteiger partial charge in [-0.1, -0.05) is 70.4 Å². The van der Waals surface area contributed by atoms with E-state index in [0.717, 1.165) is 32.1 Å². The van der Waals surface area contributed by atoms with Gasteiger partial charge in [0, 0.05) is 6.42 Å². The van der Waals surface area contributed by atoms with E-state index in [1.165, 1.54) is 38.5 Å². The van der Waals surface area contributed by atoms with Gasteiger partial charge in [-0.05, 0) is 25.7 Å². The molecule has 0 aliphatic rings. The third-order valence-electron chi connectivity index (χ3n) is 5.60. The van der Waals surface area contributed by atoms with Crippen LogP contribution in [-0.4, -0.2) is 85.3 Å². The first-order valence-electron chi connectivity index (χ1n) is 13.6. The number of carbonyl (C=O) groups excluding carboxylic acids is 1. The second-order valence-electron chi connectivity index (χ2n) is 10.5. The van der Waals surface area contributed by atoms with E-state index >= 15 is 0 Å². The molecule has 36 heavy (non-hydrogen) atoms. The molecule has 3 N–H and O–H groups in total. The zero-order valence-corrected chi connectivity index (χ0v) is 24.0. The quantitative estimate of drug-likeness (QED) is 0.0530. The summed E-state index contributed by atoms with van der Waals surface area (Å²) in [5, 5.41) is 19.8. The molecular formula is C26H53NO8P+. The molecule has 0 aliphatic heterocycles. The Morgan fingerprint density at radius 2 is 1.56 bits per heavy atom. The van der Waals surface area contributed by atoms with Crippen LogP contribution in [0.2, 0.25) is 0 Å². The number of phosphoric ester groups is 1. The molecule has 0 rings (SSSR count). The largest absolute Gasteiger partial charge is 0.472 e. The molecule has 0 aromatic rings. The van der Waals surface area contributed by atoms with Gasteiger partial charge in [0.05, 0.1) is 33.9 Å². The van der Waals surface area contributed by atoms with Crippen LogP contribution in [0.15, 0.2) is 12.2 Å². The Bertz CT molecular complexity index is 624. The first-order valence-corrected chi connectivity index (χ1v) is 15.1. The first-order chi connectivity index (χ1) is 16.9. The molecule has 214 valence electrons. The summed E-state index contributed by atoms with van der Waals surface area (Å²) >= 11 is 0. The van der Waals surface area contributed by atoms with Gasteiger partial charge in [-0.25, -0.2) is 4.57 Å². The van der Waals surface area contributed by atoms with Gasteiger partial charge in [0.2, 0.25) is 0 Å². The average molecular weight is 539 g/mol. The van der Waals surface area contributed by atoms with Crippen LogP contribution in [0.25, 0.3) is 0 Å². The Morgan fingerprint density at radius 1 is 0.917 bits per heavy atom. The molecule has 0 spiro atoms. The Balaban J connectivity index is 3.71. The van der Waals surface area contributed by atoms with E-state index in [1.807, 2.05) is 27.2 Å². The normalized spacial score (nSPS) is 15.6. The fraction of sp³-hybridized carbons (Fsp3) is 0.885. The molecule has 2 unspecified atom stereocenters. The molecule has 0 saturated heterocycles. The van der Waals surface area contributed by atoms with Crippen molar-refractivity contribution < 1.29 is 42.7 Å². The summed E-state index contributed by atoms with van der Waals surface area (Å²) in [4.78, 5) is 21.4. The minimum absolute atomic E-state index is 0.0390. The minimum Gasteiger partial charge on any atom is -0.463 e. The lowest BCUT2D eigenvalue weighted by Crippen LogP contribution is -2.37. The van der Waals surface area contributed by atoms with Crippen LogP contribution in [0, 0.1) is 0 Å². The van der Waals surface area contributed by atoms with Crippen molar-refractivity contribution in [3.05, 3.63) is 12.2 Å². The van der Waals surface area contributed by atoms with Gasteiger partial charge in [-0.2, -0.15) is 0 Å². The number of carbonyl (C=O) groups is 1.